The molecule has 1 aliphatic rings. The van der Waals surface area contributed by atoms with Crippen LogP contribution in [0.2, 0.25) is 0 Å². The van der Waals surface area contributed by atoms with Crippen LogP contribution in [0.3, 0.4) is 0 Å². The maximum Gasteiger partial charge on any atom is 0.335 e. The van der Waals surface area contributed by atoms with Crippen LogP contribution in [0.5, 0.6) is 0 Å². The Kier molecular flexibility index (Phi) is 6.33. The van der Waals surface area contributed by atoms with Crippen molar-refractivity contribution >= 4 is 22.6 Å². The lowest BCUT2D eigenvalue weighted by Crippen LogP contribution is -2.15. The zero-order valence-corrected chi connectivity index (χ0v) is 13.2. The Balaban J connectivity index is 2.24. The molecule has 0 saturated carbocycles. The number of benzene rings is 1. The maximum absolute atomic E-state index is 12.3. The Morgan fingerprint density at radius 3 is 2.76 bits per heavy atom. The van der Waals surface area contributed by atoms with Gasteiger partial charge in [-0.25, -0.2) is 4.79 Å². The molecule has 114 valence electrons. The molecule has 3 nitrogen and oxygen atoms in total. The number of hydrogen-bond donors (Lipinski definition) is 1. The molecule has 0 radical (unpaired) electrons. The van der Waals surface area contributed by atoms with E-state index in [-0.39, 0.29) is 18.5 Å². The number of ether oxygens (including phenoxy) is 1. The minimum atomic E-state index is -0.185. The molecule has 0 amide bonds. The zero-order chi connectivity index (χ0) is 15.1. The summed E-state index contributed by atoms with van der Waals surface area (Å²) in [4.78, 5) is 13.4. The molecule has 1 aliphatic heterocycles. The van der Waals surface area contributed by atoms with Crippen LogP contribution in [-0.2, 0) is 9.53 Å². The van der Waals surface area contributed by atoms with E-state index in [9.17, 15) is 4.79 Å². The first-order valence-corrected chi connectivity index (χ1v) is 8.46. The van der Waals surface area contributed by atoms with Crippen molar-refractivity contribution in [3.8, 4) is 0 Å². The fourth-order valence-corrected chi connectivity index (χ4v) is 3.97. The molecule has 2 rings (SSSR count). The molecule has 1 N–H and O–H groups in total. The van der Waals surface area contributed by atoms with E-state index in [2.05, 4.69) is 0 Å². The number of aliphatic hydroxyl groups excluding tert-OH is 1. The average Bonchev–Trinajstić information content (AvgIpc) is 2.93. The van der Waals surface area contributed by atoms with Crippen molar-refractivity contribution in [1.82, 2.24) is 0 Å². The van der Waals surface area contributed by atoms with Crippen molar-refractivity contribution in [2.24, 2.45) is 5.92 Å². The third-order valence-corrected chi connectivity index (χ3v) is 4.89. The second-order valence-electron chi connectivity index (χ2n) is 5.06. The highest BCUT2D eigenvalue weighted by molar-refractivity contribution is 8.08. The van der Waals surface area contributed by atoms with E-state index in [1.165, 1.54) is 0 Å². The van der Waals surface area contributed by atoms with Gasteiger partial charge in [-0.05, 0) is 25.3 Å². The molecule has 4 heteroatoms. The monoisotopic (exact) mass is 306 g/mol. The predicted molar refractivity (Wildman–Crippen MR) is 86.9 cm³/mol. The third-order valence-electron chi connectivity index (χ3n) is 3.57. The smallest absolute Gasteiger partial charge is 0.335 e. The molecule has 21 heavy (non-hydrogen) atoms. The number of aliphatic hydroxyl groups is 1. The lowest BCUT2D eigenvalue weighted by atomic mass is 9.93. The van der Waals surface area contributed by atoms with Gasteiger partial charge in [0.15, 0.2) is 0 Å². The number of hydrogen-bond acceptors (Lipinski definition) is 4. The standard InChI is InChI=1S/C17H22O3S/c1-2-20-17(19)15-14(10-6-7-11-18)12-21-16(15)13-8-4-3-5-9-13/h3-5,8-9,14,18H,2,6-7,10-12H2,1H3. The quantitative estimate of drug-likeness (QED) is 0.619. The van der Waals surface area contributed by atoms with E-state index in [1.54, 1.807) is 11.8 Å². The zero-order valence-electron chi connectivity index (χ0n) is 12.4. The Morgan fingerprint density at radius 2 is 2.10 bits per heavy atom. The summed E-state index contributed by atoms with van der Waals surface area (Å²) in [6.45, 7) is 2.45. The van der Waals surface area contributed by atoms with Crippen LogP contribution in [0.4, 0.5) is 0 Å². The number of thioether (sulfide) groups is 1. The second-order valence-corrected chi connectivity index (χ2v) is 6.09. The van der Waals surface area contributed by atoms with Crippen LogP contribution >= 0.6 is 11.8 Å². The van der Waals surface area contributed by atoms with Gasteiger partial charge in [-0.2, -0.15) is 0 Å². The number of unbranched alkanes of at least 4 members (excludes halogenated alkanes) is 1. The van der Waals surface area contributed by atoms with Gasteiger partial charge in [0.25, 0.3) is 0 Å². The highest BCUT2D eigenvalue weighted by Gasteiger charge is 2.32. The average molecular weight is 306 g/mol. The highest BCUT2D eigenvalue weighted by Crippen LogP contribution is 2.44. The highest BCUT2D eigenvalue weighted by atomic mass is 32.2. The molecule has 0 aliphatic carbocycles. The maximum atomic E-state index is 12.3. The first kappa shape index (κ1) is 16.1. The predicted octanol–water partition coefficient (Wildman–Crippen LogP) is 3.49. The van der Waals surface area contributed by atoms with Crippen molar-refractivity contribution in [2.75, 3.05) is 19.0 Å². The molecule has 0 spiro atoms. The van der Waals surface area contributed by atoms with Crippen LogP contribution < -0.4 is 0 Å². The van der Waals surface area contributed by atoms with E-state index in [0.29, 0.717) is 6.61 Å². The van der Waals surface area contributed by atoms with Crippen molar-refractivity contribution < 1.29 is 14.6 Å². The summed E-state index contributed by atoms with van der Waals surface area (Å²) < 4.78 is 5.25. The molecule has 1 unspecified atom stereocenters. The number of esters is 1. The van der Waals surface area contributed by atoms with E-state index < -0.39 is 0 Å². The Morgan fingerprint density at radius 1 is 1.33 bits per heavy atom. The second kappa shape index (κ2) is 8.25. The van der Waals surface area contributed by atoms with E-state index in [4.69, 9.17) is 9.84 Å². The van der Waals surface area contributed by atoms with Crippen molar-refractivity contribution in [3.05, 3.63) is 41.5 Å². The van der Waals surface area contributed by atoms with Crippen LogP contribution in [0, 0.1) is 5.92 Å². The molecule has 0 fully saturated rings. The molecular weight excluding hydrogens is 284 g/mol. The number of carbonyl (C=O) groups excluding carboxylic acids is 1. The molecule has 0 saturated heterocycles. The summed E-state index contributed by atoms with van der Waals surface area (Å²) in [5, 5.41) is 8.92. The van der Waals surface area contributed by atoms with Gasteiger partial charge in [-0.15, -0.1) is 11.8 Å². The summed E-state index contributed by atoms with van der Waals surface area (Å²) in [5.74, 6) is 0.968. The van der Waals surface area contributed by atoms with Crippen LogP contribution in [0.1, 0.15) is 31.7 Å². The van der Waals surface area contributed by atoms with Crippen LogP contribution in [0.25, 0.3) is 4.91 Å². The van der Waals surface area contributed by atoms with Crippen LogP contribution in [0.15, 0.2) is 35.9 Å². The van der Waals surface area contributed by atoms with Crippen molar-refractivity contribution in [2.45, 2.75) is 26.2 Å². The van der Waals surface area contributed by atoms with Gasteiger partial charge in [0, 0.05) is 23.2 Å². The summed E-state index contributed by atoms with van der Waals surface area (Å²) in [6, 6.07) is 10.0. The van der Waals surface area contributed by atoms with Crippen LogP contribution in [-0.4, -0.2) is 30.0 Å². The largest absolute Gasteiger partial charge is 0.463 e. The van der Waals surface area contributed by atoms with E-state index in [1.807, 2.05) is 37.3 Å². The summed E-state index contributed by atoms with van der Waals surface area (Å²) in [7, 11) is 0. The van der Waals surface area contributed by atoms with E-state index >= 15 is 0 Å². The SMILES string of the molecule is CCOC(=O)C1=C(c2ccccc2)SCC1CCCCO. The van der Waals surface area contributed by atoms with Gasteiger partial charge in [-0.1, -0.05) is 36.8 Å². The Bertz CT molecular complexity index is 496. The van der Waals surface area contributed by atoms with Gasteiger partial charge < -0.3 is 9.84 Å². The minimum absolute atomic E-state index is 0.185. The van der Waals surface area contributed by atoms with Crippen molar-refractivity contribution in [3.63, 3.8) is 0 Å². The van der Waals surface area contributed by atoms with Gasteiger partial charge in [0.2, 0.25) is 0 Å². The number of carbonyl (C=O) groups is 1. The molecule has 1 heterocycles. The van der Waals surface area contributed by atoms with Gasteiger partial charge in [0.1, 0.15) is 0 Å². The van der Waals surface area contributed by atoms with Gasteiger partial charge in [-0.3, -0.25) is 0 Å². The topological polar surface area (TPSA) is 46.5 Å². The minimum Gasteiger partial charge on any atom is -0.463 e. The van der Waals surface area contributed by atoms with Gasteiger partial charge >= 0.3 is 5.97 Å². The van der Waals surface area contributed by atoms with Crippen molar-refractivity contribution in [1.29, 1.82) is 0 Å². The summed E-state index contributed by atoms with van der Waals surface area (Å²) in [5.41, 5.74) is 1.92. The van der Waals surface area contributed by atoms with E-state index in [0.717, 1.165) is 41.1 Å². The lowest BCUT2D eigenvalue weighted by molar-refractivity contribution is -0.138. The molecule has 0 bridgehead atoms. The fourth-order valence-electron chi connectivity index (χ4n) is 2.56. The Hall–Kier alpha value is -1.26. The molecule has 0 aromatic heterocycles. The first-order valence-electron chi connectivity index (χ1n) is 7.48. The molecule has 1 aromatic rings. The first-order chi connectivity index (χ1) is 10.3. The molecule has 1 aromatic carbocycles. The molecule has 1 atom stereocenters. The molecular formula is C17H22O3S. The van der Waals surface area contributed by atoms with Gasteiger partial charge in [0.05, 0.1) is 12.2 Å². The Labute approximate surface area is 130 Å². The summed E-state index contributed by atoms with van der Waals surface area (Å²) >= 11 is 1.74. The normalized spacial score (nSPS) is 18.1. The number of rotatable bonds is 7. The fraction of sp³-hybridized carbons (Fsp3) is 0.471. The lowest BCUT2D eigenvalue weighted by Gasteiger charge is -2.13. The summed E-state index contributed by atoms with van der Waals surface area (Å²) in [6.07, 6.45) is 2.66. The third kappa shape index (κ3) is 4.11.